The molecule has 0 heterocycles. The van der Waals surface area contributed by atoms with Crippen LogP contribution in [0.3, 0.4) is 0 Å². The van der Waals surface area contributed by atoms with Gasteiger partial charge < -0.3 is 11.1 Å². The molecule has 1 atom stereocenters. The normalized spacial score (nSPS) is 13.1. The number of amides is 1. The summed E-state index contributed by atoms with van der Waals surface area (Å²) in [5, 5.41) is 2.80. The predicted molar refractivity (Wildman–Crippen MR) is 50.7 cm³/mol. The zero-order valence-corrected chi connectivity index (χ0v) is 8.26. The van der Waals surface area contributed by atoms with Gasteiger partial charge in [-0.25, -0.2) is 0 Å². The molecule has 0 fully saturated rings. The lowest BCUT2D eigenvalue weighted by Gasteiger charge is -2.12. The third-order valence-corrected chi connectivity index (χ3v) is 1.72. The Bertz CT molecular complexity index is 134. The molecule has 3 N–H and O–H groups in total. The van der Waals surface area contributed by atoms with E-state index in [2.05, 4.69) is 12.2 Å². The fourth-order valence-corrected chi connectivity index (χ4v) is 0.909. The molecule has 0 spiro atoms. The van der Waals surface area contributed by atoms with Gasteiger partial charge in [0.1, 0.15) is 0 Å². The number of nitrogens with one attached hydrogen (secondary N) is 1. The Morgan fingerprint density at radius 2 is 2.08 bits per heavy atom. The summed E-state index contributed by atoms with van der Waals surface area (Å²) in [4.78, 5) is 11.1. The molecule has 0 aliphatic rings. The van der Waals surface area contributed by atoms with Crippen LogP contribution < -0.4 is 11.1 Å². The van der Waals surface area contributed by atoms with Gasteiger partial charge in [-0.1, -0.05) is 27.2 Å². The highest BCUT2D eigenvalue weighted by molar-refractivity contribution is 5.77. The predicted octanol–water partition coefficient (Wildman–Crippen LogP) is 0.886. The summed E-state index contributed by atoms with van der Waals surface area (Å²) in [7, 11) is 0. The van der Waals surface area contributed by atoms with Crippen LogP contribution in [0.5, 0.6) is 0 Å². The Balaban J connectivity index is 3.47. The third-order valence-electron chi connectivity index (χ3n) is 1.72. The maximum Gasteiger partial charge on any atom is 0.222 e. The van der Waals surface area contributed by atoms with Crippen molar-refractivity contribution in [2.24, 2.45) is 11.7 Å². The van der Waals surface area contributed by atoms with Gasteiger partial charge in [-0.3, -0.25) is 4.79 Å². The average Bonchev–Trinajstić information content (AvgIpc) is 2.00. The first-order valence-electron chi connectivity index (χ1n) is 4.61. The second kappa shape index (κ2) is 6.00. The lowest BCUT2D eigenvalue weighted by Crippen LogP contribution is -2.38. The smallest absolute Gasteiger partial charge is 0.222 e. The van der Waals surface area contributed by atoms with E-state index in [1.54, 1.807) is 0 Å². The zero-order chi connectivity index (χ0) is 9.56. The van der Waals surface area contributed by atoms with E-state index in [1.807, 2.05) is 13.8 Å². The Labute approximate surface area is 74.7 Å². The summed E-state index contributed by atoms with van der Waals surface area (Å²) < 4.78 is 0. The van der Waals surface area contributed by atoms with Crippen molar-refractivity contribution in [2.75, 3.05) is 6.54 Å². The van der Waals surface area contributed by atoms with Crippen molar-refractivity contribution in [3.05, 3.63) is 0 Å². The molecule has 3 heteroatoms. The molecule has 72 valence electrons. The van der Waals surface area contributed by atoms with Crippen LogP contribution in [0.15, 0.2) is 0 Å². The summed E-state index contributed by atoms with van der Waals surface area (Å²) in [6, 6.07) is 0.109. The van der Waals surface area contributed by atoms with Crippen LogP contribution in [0, 0.1) is 5.92 Å². The molecule has 0 aliphatic heterocycles. The molecule has 0 rings (SSSR count). The lowest BCUT2D eigenvalue weighted by atomic mass is 10.1. The van der Waals surface area contributed by atoms with E-state index < -0.39 is 0 Å². The number of rotatable bonds is 5. The minimum absolute atomic E-state index is 0.0545. The highest BCUT2D eigenvalue weighted by atomic mass is 16.1. The Hall–Kier alpha value is -0.570. The van der Waals surface area contributed by atoms with E-state index in [4.69, 9.17) is 5.73 Å². The van der Waals surface area contributed by atoms with Gasteiger partial charge >= 0.3 is 0 Å². The summed E-state index contributed by atoms with van der Waals surface area (Å²) in [6.07, 6.45) is 2.04. The summed E-state index contributed by atoms with van der Waals surface area (Å²) in [5.74, 6) is 0.139. The SMILES string of the molecule is CCCC(N)CNC(=O)C(C)C. The van der Waals surface area contributed by atoms with E-state index in [0.29, 0.717) is 6.54 Å². The Morgan fingerprint density at radius 1 is 1.50 bits per heavy atom. The van der Waals surface area contributed by atoms with E-state index in [1.165, 1.54) is 0 Å². The monoisotopic (exact) mass is 172 g/mol. The molecule has 1 amide bonds. The van der Waals surface area contributed by atoms with E-state index >= 15 is 0 Å². The number of hydrogen-bond donors (Lipinski definition) is 2. The van der Waals surface area contributed by atoms with Crippen LogP contribution in [0.4, 0.5) is 0 Å². The topological polar surface area (TPSA) is 55.1 Å². The molecule has 0 aliphatic carbocycles. The van der Waals surface area contributed by atoms with Gasteiger partial charge in [0.05, 0.1) is 0 Å². The van der Waals surface area contributed by atoms with Crippen molar-refractivity contribution in [1.82, 2.24) is 5.32 Å². The molecule has 0 aromatic carbocycles. The fourth-order valence-electron chi connectivity index (χ4n) is 0.909. The fraction of sp³-hybridized carbons (Fsp3) is 0.889. The Morgan fingerprint density at radius 3 is 2.50 bits per heavy atom. The van der Waals surface area contributed by atoms with Gasteiger partial charge in [-0.15, -0.1) is 0 Å². The molecule has 0 aromatic heterocycles. The van der Waals surface area contributed by atoms with Crippen molar-refractivity contribution in [3.63, 3.8) is 0 Å². The molecule has 1 unspecified atom stereocenters. The second-order valence-electron chi connectivity index (χ2n) is 3.45. The van der Waals surface area contributed by atoms with Crippen LogP contribution in [0.25, 0.3) is 0 Å². The van der Waals surface area contributed by atoms with E-state index in [-0.39, 0.29) is 17.9 Å². The van der Waals surface area contributed by atoms with Crippen molar-refractivity contribution in [1.29, 1.82) is 0 Å². The van der Waals surface area contributed by atoms with Gasteiger partial charge in [-0.05, 0) is 6.42 Å². The standard InChI is InChI=1S/C9H20N2O/c1-4-5-8(10)6-11-9(12)7(2)3/h7-8H,4-6,10H2,1-3H3,(H,11,12). The van der Waals surface area contributed by atoms with Crippen molar-refractivity contribution < 1.29 is 4.79 Å². The van der Waals surface area contributed by atoms with E-state index in [9.17, 15) is 4.79 Å². The average molecular weight is 172 g/mol. The van der Waals surface area contributed by atoms with Gasteiger partial charge in [0.15, 0.2) is 0 Å². The first-order chi connectivity index (χ1) is 5.57. The van der Waals surface area contributed by atoms with Gasteiger partial charge in [0, 0.05) is 18.5 Å². The summed E-state index contributed by atoms with van der Waals surface area (Å²) in [5.41, 5.74) is 5.72. The largest absolute Gasteiger partial charge is 0.354 e. The third kappa shape index (κ3) is 5.13. The van der Waals surface area contributed by atoms with Gasteiger partial charge in [0.25, 0.3) is 0 Å². The molecular formula is C9H20N2O. The van der Waals surface area contributed by atoms with Crippen molar-refractivity contribution >= 4 is 5.91 Å². The lowest BCUT2D eigenvalue weighted by molar-refractivity contribution is -0.124. The quantitative estimate of drug-likeness (QED) is 0.647. The first kappa shape index (κ1) is 11.4. The first-order valence-corrected chi connectivity index (χ1v) is 4.61. The van der Waals surface area contributed by atoms with E-state index in [0.717, 1.165) is 12.8 Å². The highest BCUT2D eigenvalue weighted by Crippen LogP contribution is 1.93. The molecule has 0 aromatic rings. The van der Waals surface area contributed by atoms with Crippen molar-refractivity contribution in [2.45, 2.75) is 39.7 Å². The number of carbonyl (C=O) groups excluding carboxylic acids is 1. The molecular weight excluding hydrogens is 152 g/mol. The van der Waals surface area contributed by atoms with Gasteiger partial charge in [0.2, 0.25) is 5.91 Å². The number of nitrogens with two attached hydrogens (primary N) is 1. The number of hydrogen-bond acceptors (Lipinski definition) is 2. The Kier molecular flexibility index (Phi) is 5.72. The summed E-state index contributed by atoms with van der Waals surface area (Å²) >= 11 is 0. The zero-order valence-electron chi connectivity index (χ0n) is 8.26. The van der Waals surface area contributed by atoms with Crippen LogP contribution in [0.1, 0.15) is 33.6 Å². The van der Waals surface area contributed by atoms with Crippen LogP contribution >= 0.6 is 0 Å². The maximum atomic E-state index is 11.1. The second-order valence-corrected chi connectivity index (χ2v) is 3.45. The van der Waals surface area contributed by atoms with Crippen LogP contribution in [0.2, 0.25) is 0 Å². The molecule has 3 nitrogen and oxygen atoms in total. The van der Waals surface area contributed by atoms with Crippen LogP contribution in [-0.4, -0.2) is 18.5 Å². The highest BCUT2D eigenvalue weighted by Gasteiger charge is 2.07. The van der Waals surface area contributed by atoms with Crippen molar-refractivity contribution in [3.8, 4) is 0 Å². The molecule has 0 saturated heterocycles. The molecule has 0 bridgehead atoms. The molecule has 0 saturated carbocycles. The number of carbonyl (C=O) groups is 1. The summed E-state index contributed by atoms with van der Waals surface area (Å²) in [6.45, 7) is 6.44. The van der Waals surface area contributed by atoms with Gasteiger partial charge in [-0.2, -0.15) is 0 Å². The maximum absolute atomic E-state index is 11.1. The molecule has 0 radical (unpaired) electrons. The van der Waals surface area contributed by atoms with Crippen LogP contribution in [-0.2, 0) is 4.79 Å². The minimum atomic E-state index is 0.0545. The molecule has 12 heavy (non-hydrogen) atoms. The minimum Gasteiger partial charge on any atom is -0.354 e.